The normalized spacial score (nSPS) is 10.5. The van der Waals surface area contributed by atoms with E-state index in [1.165, 1.54) is 6.07 Å². The van der Waals surface area contributed by atoms with Gasteiger partial charge in [-0.1, -0.05) is 0 Å². The first-order chi connectivity index (χ1) is 6.74. The molecule has 0 radical (unpaired) electrons. The molecule has 0 saturated heterocycles. The van der Waals surface area contributed by atoms with Gasteiger partial charge in [0.1, 0.15) is 17.1 Å². The van der Waals surface area contributed by atoms with E-state index in [1.807, 2.05) is 0 Å². The molecule has 2 nitrogen and oxygen atoms in total. The summed E-state index contributed by atoms with van der Waals surface area (Å²) in [7, 11) is 1.55. The third kappa shape index (κ3) is 1.35. The second-order valence-electron chi connectivity index (χ2n) is 2.77. The van der Waals surface area contributed by atoms with Crippen molar-refractivity contribution >= 4 is 26.8 Å². The van der Waals surface area contributed by atoms with E-state index >= 15 is 0 Å². The van der Waals surface area contributed by atoms with E-state index < -0.39 is 0 Å². The average molecular weight is 256 g/mol. The summed E-state index contributed by atoms with van der Waals surface area (Å²) in [6, 6.07) is 4.69. The number of halogens is 2. The van der Waals surface area contributed by atoms with Crippen LogP contribution in [0.2, 0.25) is 0 Å². The quantitative estimate of drug-likeness (QED) is 0.781. The number of nitrogens with zero attached hydrogens (tertiary/aromatic N) is 1. The van der Waals surface area contributed by atoms with Gasteiger partial charge in [0.2, 0.25) is 0 Å². The van der Waals surface area contributed by atoms with Crippen molar-refractivity contribution in [1.82, 2.24) is 4.98 Å². The molecule has 4 heteroatoms. The minimum atomic E-state index is -0.345. The summed E-state index contributed by atoms with van der Waals surface area (Å²) < 4.78 is 19.2. The fourth-order valence-electron chi connectivity index (χ4n) is 1.33. The Labute approximate surface area is 88.8 Å². The molecule has 72 valence electrons. The Hall–Kier alpha value is -1.16. The van der Waals surface area contributed by atoms with E-state index in [0.717, 1.165) is 4.47 Å². The molecule has 2 rings (SSSR count). The van der Waals surface area contributed by atoms with E-state index in [2.05, 4.69) is 20.9 Å². The lowest BCUT2D eigenvalue weighted by Gasteiger charge is -2.06. The van der Waals surface area contributed by atoms with Gasteiger partial charge in [-0.3, -0.25) is 4.98 Å². The van der Waals surface area contributed by atoms with Gasteiger partial charge >= 0.3 is 0 Å². The molecular formula is C10H7BrFNO. The Bertz CT molecular complexity index is 487. The van der Waals surface area contributed by atoms with Gasteiger partial charge < -0.3 is 4.74 Å². The van der Waals surface area contributed by atoms with Crippen LogP contribution in [0.4, 0.5) is 4.39 Å². The number of benzene rings is 1. The lowest BCUT2D eigenvalue weighted by Crippen LogP contribution is -1.90. The molecular weight excluding hydrogens is 249 g/mol. The maximum absolute atomic E-state index is 13.3. The molecule has 0 bridgehead atoms. The smallest absolute Gasteiger partial charge is 0.149 e. The molecule has 14 heavy (non-hydrogen) atoms. The Morgan fingerprint density at radius 1 is 1.36 bits per heavy atom. The molecule has 0 N–H and O–H groups in total. The topological polar surface area (TPSA) is 22.1 Å². The molecule has 1 heterocycles. The van der Waals surface area contributed by atoms with Gasteiger partial charge in [-0.2, -0.15) is 0 Å². The summed E-state index contributed by atoms with van der Waals surface area (Å²) in [4.78, 5) is 3.97. The van der Waals surface area contributed by atoms with Crippen molar-refractivity contribution in [1.29, 1.82) is 0 Å². The maximum atomic E-state index is 13.3. The van der Waals surface area contributed by atoms with Gasteiger partial charge in [-0.05, 0) is 34.1 Å². The van der Waals surface area contributed by atoms with Crippen molar-refractivity contribution in [2.75, 3.05) is 7.11 Å². The average Bonchev–Trinajstić information content (AvgIpc) is 2.20. The first-order valence-corrected chi connectivity index (χ1v) is 4.80. The zero-order valence-corrected chi connectivity index (χ0v) is 9.01. The van der Waals surface area contributed by atoms with Crippen LogP contribution in [0.5, 0.6) is 5.75 Å². The fraction of sp³-hybridized carbons (Fsp3) is 0.100. The van der Waals surface area contributed by atoms with Gasteiger partial charge in [0.05, 0.1) is 12.5 Å². The minimum absolute atomic E-state index is 0.318. The van der Waals surface area contributed by atoms with Gasteiger partial charge in [0.25, 0.3) is 0 Å². The molecule has 0 saturated carbocycles. The number of pyridine rings is 1. The summed E-state index contributed by atoms with van der Waals surface area (Å²) in [5.41, 5.74) is 0.318. The molecule has 2 aromatic rings. The Balaban J connectivity index is 2.92. The first-order valence-electron chi connectivity index (χ1n) is 4.00. The standard InChI is InChI=1S/C10H7BrFNO/c1-14-8-3-2-7(12)10-9(8)6(11)4-5-13-10/h2-5H,1H3. The first kappa shape index (κ1) is 9.40. The zero-order chi connectivity index (χ0) is 10.1. The third-order valence-electron chi connectivity index (χ3n) is 1.97. The molecule has 0 unspecified atom stereocenters. The lowest BCUT2D eigenvalue weighted by molar-refractivity contribution is 0.419. The largest absolute Gasteiger partial charge is 0.496 e. The molecule has 0 atom stereocenters. The molecule has 0 amide bonds. The highest BCUT2D eigenvalue weighted by Crippen LogP contribution is 2.32. The number of methoxy groups -OCH3 is 1. The number of rotatable bonds is 1. The summed E-state index contributed by atoms with van der Waals surface area (Å²) in [6.45, 7) is 0. The third-order valence-corrected chi connectivity index (χ3v) is 2.63. The maximum Gasteiger partial charge on any atom is 0.149 e. The number of aromatic nitrogens is 1. The van der Waals surface area contributed by atoms with Crippen LogP contribution in [-0.2, 0) is 0 Å². The van der Waals surface area contributed by atoms with Gasteiger partial charge in [0.15, 0.2) is 0 Å². The Morgan fingerprint density at radius 3 is 2.86 bits per heavy atom. The predicted octanol–water partition coefficient (Wildman–Crippen LogP) is 3.15. The Kier molecular flexibility index (Phi) is 2.37. The highest BCUT2D eigenvalue weighted by Gasteiger charge is 2.09. The van der Waals surface area contributed by atoms with Crippen molar-refractivity contribution in [2.24, 2.45) is 0 Å². The van der Waals surface area contributed by atoms with E-state index in [-0.39, 0.29) is 5.82 Å². The fourth-order valence-corrected chi connectivity index (χ4v) is 1.84. The molecule has 0 aliphatic rings. The van der Waals surface area contributed by atoms with Crippen LogP contribution >= 0.6 is 15.9 Å². The number of ether oxygens (including phenoxy) is 1. The zero-order valence-electron chi connectivity index (χ0n) is 7.42. The molecule has 0 aliphatic heterocycles. The summed E-state index contributed by atoms with van der Waals surface area (Å²) in [6.07, 6.45) is 1.55. The van der Waals surface area contributed by atoms with E-state index in [0.29, 0.717) is 16.7 Å². The minimum Gasteiger partial charge on any atom is -0.496 e. The van der Waals surface area contributed by atoms with Crippen LogP contribution in [0.15, 0.2) is 28.9 Å². The van der Waals surface area contributed by atoms with Gasteiger partial charge in [0, 0.05) is 10.7 Å². The van der Waals surface area contributed by atoms with Crippen molar-refractivity contribution in [3.05, 3.63) is 34.7 Å². The lowest BCUT2D eigenvalue weighted by atomic mass is 10.2. The van der Waals surface area contributed by atoms with Crippen LogP contribution < -0.4 is 4.74 Å². The molecule has 1 aromatic carbocycles. The molecule has 0 fully saturated rings. The molecule has 0 aliphatic carbocycles. The van der Waals surface area contributed by atoms with Crippen LogP contribution in [0.3, 0.4) is 0 Å². The second-order valence-corrected chi connectivity index (χ2v) is 3.62. The highest BCUT2D eigenvalue weighted by molar-refractivity contribution is 9.10. The van der Waals surface area contributed by atoms with Gasteiger partial charge in [-0.15, -0.1) is 0 Å². The number of fused-ring (bicyclic) bond motifs is 1. The van der Waals surface area contributed by atoms with E-state index in [9.17, 15) is 4.39 Å². The van der Waals surface area contributed by atoms with Crippen molar-refractivity contribution in [2.45, 2.75) is 0 Å². The molecule has 0 spiro atoms. The van der Waals surface area contributed by atoms with Crippen LogP contribution in [0.25, 0.3) is 10.9 Å². The van der Waals surface area contributed by atoms with Crippen molar-refractivity contribution in [3.63, 3.8) is 0 Å². The second kappa shape index (κ2) is 3.53. The van der Waals surface area contributed by atoms with Crippen LogP contribution in [-0.4, -0.2) is 12.1 Å². The SMILES string of the molecule is COc1ccc(F)c2nccc(Br)c12. The summed E-state index contributed by atoms with van der Waals surface area (Å²) >= 11 is 3.34. The molecule has 1 aromatic heterocycles. The van der Waals surface area contributed by atoms with Crippen molar-refractivity contribution < 1.29 is 9.13 Å². The van der Waals surface area contributed by atoms with E-state index in [4.69, 9.17) is 4.74 Å². The van der Waals surface area contributed by atoms with Crippen molar-refractivity contribution in [3.8, 4) is 5.75 Å². The number of hydrogen-bond donors (Lipinski definition) is 0. The highest BCUT2D eigenvalue weighted by atomic mass is 79.9. The predicted molar refractivity (Wildman–Crippen MR) is 56.0 cm³/mol. The van der Waals surface area contributed by atoms with Crippen LogP contribution in [0, 0.1) is 5.82 Å². The van der Waals surface area contributed by atoms with Crippen LogP contribution in [0.1, 0.15) is 0 Å². The summed E-state index contributed by atoms with van der Waals surface area (Å²) in [5.74, 6) is 0.267. The summed E-state index contributed by atoms with van der Waals surface area (Å²) in [5, 5.41) is 0.662. The number of hydrogen-bond acceptors (Lipinski definition) is 2. The van der Waals surface area contributed by atoms with Gasteiger partial charge in [-0.25, -0.2) is 4.39 Å². The monoisotopic (exact) mass is 255 g/mol. The van der Waals surface area contributed by atoms with E-state index in [1.54, 1.807) is 25.4 Å². The Morgan fingerprint density at radius 2 is 2.14 bits per heavy atom.